The van der Waals surface area contributed by atoms with Gasteiger partial charge in [-0.25, -0.2) is 4.98 Å². The summed E-state index contributed by atoms with van der Waals surface area (Å²) in [6.45, 7) is 12.4. The fraction of sp³-hybridized carbons (Fsp3) is 0.765. The summed E-state index contributed by atoms with van der Waals surface area (Å²) in [5.74, 6) is 0.917. The molecule has 1 fully saturated rings. The van der Waals surface area contributed by atoms with Gasteiger partial charge < -0.3 is 10.6 Å². The van der Waals surface area contributed by atoms with Crippen LogP contribution >= 0.6 is 35.3 Å². The Labute approximate surface area is 167 Å². The zero-order valence-electron chi connectivity index (χ0n) is 15.3. The quantitative estimate of drug-likeness (QED) is 0.335. The molecule has 2 N–H and O–H groups in total. The lowest BCUT2D eigenvalue weighted by atomic mass is 10.3. The molecule has 5 nitrogen and oxygen atoms in total. The summed E-state index contributed by atoms with van der Waals surface area (Å²) in [6, 6.07) is 1.41. The highest BCUT2D eigenvalue weighted by molar-refractivity contribution is 14.0. The Bertz CT molecular complexity index is 497. The van der Waals surface area contributed by atoms with E-state index >= 15 is 0 Å². The van der Waals surface area contributed by atoms with Crippen LogP contribution in [-0.4, -0.2) is 54.1 Å². The maximum Gasteiger partial charge on any atom is 0.191 e. The Morgan fingerprint density at radius 3 is 2.71 bits per heavy atom. The van der Waals surface area contributed by atoms with E-state index in [1.54, 1.807) is 11.3 Å². The van der Waals surface area contributed by atoms with Gasteiger partial charge in [0.2, 0.25) is 0 Å². The lowest BCUT2D eigenvalue weighted by Gasteiger charge is -2.25. The highest BCUT2D eigenvalue weighted by Crippen LogP contribution is 2.28. The molecule has 0 aromatic carbocycles. The molecule has 1 aliphatic rings. The Hall–Kier alpha value is -0.410. The number of thiazole rings is 1. The van der Waals surface area contributed by atoms with Crippen molar-refractivity contribution < 1.29 is 0 Å². The van der Waals surface area contributed by atoms with E-state index in [4.69, 9.17) is 4.99 Å². The highest BCUT2D eigenvalue weighted by Gasteiger charge is 2.29. The summed E-state index contributed by atoms with van der Waals surface area (Å²) in [4.78, 5) is 13.0. The third-order valence-corrected chi connectivity index (χ3v) is 4.92. The first kappa shape index (κ1) is 21.6. The minimum absolute atomic E-state index is 0. The van der Waals surface area contributed by atoms with Gasteiger partial charge in [-0.3, -0.25) is 9.89 Å². The first-order valence-electron chi connectivity index (χ1n) is 8.79. The van der Waals surface area contributed by atoms with Crippen LogP contribution in [0, 0.1) is 6.92 Å². The molecule has 0 bridgehead atoms. The maximum atomic E-state index is 4.72. The number of aryl methyl sites for hydroxylation is 1. The van der Waals surface area contributed by atoms with Crippen LogP contribution in [0.15, 0.2) is 11.2 Å². The molecule has 0 spiro atoms. The molecule has 0 atom stereocenters. The van der Waals surface area contributed by atoms with Crippen molar-refractivity contribution in [2.24, 2.45) is 4.99 Å². The second-order valence-electron chi connectivity index (χ2n) is 6.36. The number of halogens is 1. The van der Waals surface area contributed by atoms with Gasteiger partial charge >= 0.3 is 0 Å². The van der Waals surface area contributed by atoms with Crippen molar-refractivity contribution in [2.45, 2.75) is 59.0 Å². The van der Waals surface area contributed by atoms with E-state index in [1.807, 2.05) is 6.20 Å². The van der Waals surface area contributed by atoms with E-state index in [0.29, 0.717) is 6.04 Å². The lowest BCUT2D eigenvalue weighted by Crippen LogP contribution is -2.40. The van der Waals surface area contributed by atoms with E-state index in [-0.39, 0.29) is 24.0 Å². The molecular weight excluding hydrogens is 433 g/mol. The average Bonchev–Trinajstić information content (AvgIpc) is 3.25. The number of hydrogen-bond acceptors (Lipinski definition) is 4. The Morgan fingerprint density at radius 2 is 2.17 bits per heavy atom. The van der Waals surface area contributed by atoms with E-state index in [0.717, 1.165) is 44.6 Å². The maximum absolute atomic E-state index is 4.72. The summed E-state index contributed by atoms with van der Waals surface area (Å²) in [6.07, 6.45) is 5.60. The van der Waals surface area contributed by atoms with Crippen molar-refractivity contribution in [2.75, 3.05) is 26.2 Å². The van der Waals surface area contributed by atoms with Gasteiger partial charge in [-0.1, -0.05) is 0 Å². The number of nitrogens with one attached hydrogen (secondary N) is 2. The SMILES string of the molecule is CCNC(=NCCN(C(C)C)C1CC1)NCCc1ncc(C)s1.I. The van der Waals surface area contributed by atoms with Gasteiger partial charge in [0.05, 0.1) is 11.6 Å². The molecule has 0 radical (unpaired) electrons. The molecule has 1 heterocycles. The number of rotatable bonds is 9. The van der Waals surface area contributed by atoms with Crippen molar-refractivity contribution in [1.29, 1.82) is 0 Å². The number of hydrogen-bond donors (Lipinski definition) is 2. The van der Waals surface area contributed by atoms with Gasteiger partial charge in [0.15, 0.2) is 5.96 Å². The van der Waals surface area contributed by atoms with Gasteiger partial charge in [-0.15, -0.1) is 35.3 Å². The first-order valence-corrected chi connectivity index (χ1v) is 9.61. The molecule has 2 rings (SSSR count). The van der Waals surface area contributed by atoms with Gasteiger partial charge in [0.25, 0.3) is 0 Å². The summed E-state index contributed by atoms with van der Waals surface area (Å²) in [5, 5.41) is 7.92. The monoisotopic (exact) mass is 465 g/mol. The van der Waals surface area contributed by atoms with E-state index < -0.39 is 0 Å². The normalized spacial score (nSPS) is 14.8. The van der Waals surface area contributed by atoms with Crippen LogP contribution in [0.4, 0.5) is 0 Å². The smallest absolute Gasteiger partial charge is 0.191 e. The van der Waals surface area contributed by atoms with Gasteiger partial charge in [0.1, 0.15) is 0 Å². The molecule has 1 saturated carbocycles. The topological polar surface area (TPSA) is 52.6 Å². The van der Waals surface area contributed by atoms with E-state index in [1.165, 1.54) is 22.7 Å². The van der Waals surface area contributed by atoms with Gasteiger partial charge in [-0.2, -0.15) is 0 Å². The molecule has 7 heteroatoms. The van der Waals surface area contributed by atoms with Crippen molar-refractivity contribution >= 4 is 41.3 Å². The van der Waals surface area contributed by atoms with E-state index in [9.17, 15) is 0 Å². The van der Waals surface area contributed by atoms with Crippen LogP contribution in [0.25, 0.3) is 0 Å². The number of aromatic nitrogens is 1. The van der Waals surface area contributed by atoms with Gasteiger partial charge in [0, 0.05) is 49.2 Å². The minimum Gasteiger partial charge on any atom is -0.357 e. The average molecular weight is 465 g/mol. The third kappa shape index (κ3) is 7.65. The molecule has 0 unspecified atom stereocenters. The molecule has 138 valence electrons. The molecule has 1 aliphatic carbocycles. The molecule has 1 aromatic rings. The number of nitrogens with zero attached hydrogens (tertiary/aromatic N) is 3. The van der Waals surface area contributed by atoms with Crippen LogP contribution in [0.5, 0.6) is 0 Å². The molecule has 0 saturated heterocycles. The summed E-state index contributed by atoms with van der Waals surface area (Å²) < 4.78 is 0. The molecule has 1 aromatic heterocycles. The zero-order chi connectivity index (χ0) is 16.7. The second-order valence-corrected chi connectivity index (χ2v) is 7.68. The van der Waals surface area contributed by atoms with Crippen molar-refractivity contribution in [3.8, 4) is 0 Å². The largest absolute Gasteiger partial charge is 0.357 e. The summed E-state index contributed by atoms with van der Waals surface area (Å²) >= 11 is 1.77. The van der Waals surface area contributed by atoms with E-state index in [2.05, 4.69) is 48.2 Å². The lowest BCUT2D eigenvalue weighted by molar-refractivity contribution is 0.218. The second kappa shape index (κ2) is 11.3. The van der Waals surface area contributed by atoms with Crippen LogP contribution in [0.1, 0.15) is 43.5 Å². The molecular formula is C17H32IN5S. The highest BCUT2D eigenvalue weighted by atomic mass is 127. The minimum atomic E-state index is 0. The molecule has 0 amide bonds. The summed E-state index contributed by atoms with van der Waals surface area (Å²) in [7, 11) is 0. The predicted octanol–water partition coefficient (Wildman–Crippen LogP) is 3.04. The van der Waals surface area contributed by atoms with Crippen LogP contribution < -0.4 is 10.6 Å². The van der Waals surface area contributed by atoms with Crippen molar-refractivity contribution in [3.05, 3.63) is 16.1 Å². The first-order chi connectivity index (χ1) is 11.1. The Kier molecular flexibility index (Phi) is 10.1. The van der Waals surface area contributed by atoms with Crippen molar-refractivity contribution in [1.82, 2.24) is 20.5 Å². The standard InChI is InChI=1S/C17H31N5S.HI/c1-5-18-17(19-9-8-16-21-12-14(4)23-16)20-10-11-22(13(2)3)15-6-7-15;/h12-13,15H,5-11H2,1-4H3,(H2,18,19,20);1H. The Balaban J connectivity index is 0.00000288. The summed E-state index contributed by atoms with van der Waals surface area (Å²) in [5.41, 5.74) is 0. The molecule has 0 aliphatic heterocycles. The fourth-order valence-corrected chi connectivity index (χ4v) is 3.48. The Morgan fingerprint density at radius 1 is 1.42 bits per heavy atom. The number of guanidine groups is 1. The van der Waals surface area contributed by atoms with Gasteiger partial charge in [-0.05, 0) is 40.5 Å². The zero-order valence-corrected chi connectivity index (χ0v) is 18.5. The molecule has 24 heavy (non-hydrogen) atoms. The van der Waals surface area contributed by atoms with Crippen LogP contribution in [0.3, 0.4) is 0 Å². The number of aliphatic imine (C=N–C) groups is 1. The van der Waals surface area contributed by atoms with Crippen molar-refractivity contribution in [3.63, 3.8) is 0 Å². The van der Waals surface area contributed by atoms with Crippen LogP contribution in [0.2, 0.25) is 0 Å². The third-order valence-electron chi connectivity index (χ3n) is 3.95. The van der Waals surface area contributed by atoms with Crippen LogP contribution in [-0.2, 0) is 6.42 Å². The predicted molar refractivity (Wildman–Crippen MR) is 115 cm³/mol. The fourth-order valence-electron chi connectivity index (χ4n) is 2.69.